The van der Waals surface area contributed by atoms with Crippen LogP contribution in [0.1, 0.15) is 5.56 Å². The smallest absolute Gasteiger partial charge is 0.233 e. The number of pyridine rings is 1. The minimum atomic E-state index is 0.526. The van der Waals surface area contributed by atoms with E-state index in [0.29, 0.717) is 11.6 Å². The van der Waals surface area contributed by atoms with Gasteiger partial charge in [0.25, 0.3) is 0 Å². The SMILES string of the molecule is Cc1c(N)cnc(Oc2ccccc2)c1Br. The van der Waals surface area contributed by atoms with E-state index in [2.05, 4.69) is 20.9 Å². The first-order chi connectivity index (χ1) is 7.68. The summed E-state index contributed by atoms with van der Waals surface area (Å²) in [6, 6.07) is 9.50. The molecule has 0 radical (unpaired) electrons. The second-order valence-corrected chi connectivity index (χ2v) is 4.17. The summed E-state index contributed by atoms with van der Waals surface area (Å²) in [5.41, 5.74) is 7.31. The number of aromatic nitrogens is 1. The summed E-state index contributed by atoms with van der Waals surface area (Å²) in [6.07, 6.45) is 1.60. The largest absolute Gasteiger partial charge is 0.438 e. The Hall–Kier alpha value is -1.55. The van der Waals surface area contributed by atoms with Crippen LogP contribution in [-0.4, -0.2) is 4.98 Å². The molecule has 0 aliphatic carbocycles. The van der Waals surface area contributed by atoms with Gasteiger partial charge in [-0.15, -0.1) is 0 Å². The minimum absolute atomic E-state index is 0.526. The Bertz CT molecular complexity index is 500. The molecule has 0 fully saturated rings. The van der Waals surface area contributed by atoms with Crippen molar-refractivity contribution in [2.45, 2.75) is 6.92 Å². The van der Waals surface area contributed by atoms with Gasteiger partial charge in [-0.2, -0.15) is 0 Å². The average molecular weight is 279 g/mol. The zero-order chi connectivity index (χ0) is 11.5. The van der Waals surface area contributed by atoms with Crippen LogP contribution >= 0.6 is 15.9 Å². The van der Waals surface area contributed by atoms with Crippen molar-refractivity contribution in [1.82, 2.24) is 4.98 Å². The van der Waals surface area contributed by atoms with Crippen molar-refractivity contribution in [2.24, 2.45) is 0 Å². The molecule has 2 aromatic rings. The highest BCUT2D eigenvalue weighted by molar-refractivity contribution is 9.10. The number of nitrogens with zero attached hydrogens (tertiary/aromatic N) is 1. The van der Waals surface area contributed by atoms with Crippen molar-refractivity contribution < 1.29 is 4.74 Å². The van der Waals surface area contributed by atoms with E-state index >= 15 is 0 Å². The maximum Gasteiger partial charge on any atom is 0.233 e. The number of halogens is 1. The first-order valence-electron chi connectivity index (χ1n) is 4.82. The number of hydrogen-bond acceptors (Lipinski definition) is 3. The predicted molar refractivity (Wildman–Crippen MR) is 67.6 cm³/mol. The molecule has 82 valence electrons. The zero-order valence-electron chi connectivity index (χ0n) is 8.77. The molecule has 0 saturated heterocycles. The van der Waals surface area contributed by atoms with E-state index in [9.17, 15) is 0 Å². The van der Waals surface area contributed by atoms with E-state index < -0.39 is 0 Å². The quantitative estimate of drug-likeness (QED) is 0.914. The van der Waals surface area contributed by atoms with Crippen molar-refractivity contribution in [3.8, 4) is 11.6 Å². The molecule has 4 heteroatoms. The van der Waals surface area contributed by atoms with Gasteiger partial charge in [0.1, 0.15) is 5.75 Å². The van der Waals surface area contributed by atoms with Gasteiger partial charge in [-0.25, -0.2) is 4.98 Å². The molecule has 1 aromatic carbocycles. The van der Waals surface area contributed by atoms with Gasteiger partial charge < -0.3 is 10.5 Å². The number of nitrogens with two attached hydrogens (primary N) is 1. The highest BCUT2D eigenvalue weighted by Gasteiger charge is 2.09. The third-order valence-corrected chi connectivity index (χ3v) is 3.16. The molecule has 0 aliphatic heterocycles. The van der Waals surface area contributed by atoms with Gasteiger partial charge in [-0.1, -0.05) is 18.2 Å². The van der Waals surface area contributed by atoms with Crippen molar-refractivity contribution >= 4 is 21.6 Å². The summed E-state index contributed by atoms with van der Waals surface area (Å²) in [5.74, 6) is 1.28. The first kappa shape index (κ1) is 11.0. The van der Waals surface area contributed by atoms with E-state index in [1.165, 1.54) is 0 Å². The van der Waals surface area contributed by atoms with E-state index in [4.69, 9.17) is 10.5 Å². The number of hydrogen-bond donors (Lipinski definition) is 1. The van der Waals surface area contributed by atoms with Crippen LogP contribution < -0.4 is 10.5 Å². The Kier molecular flexibility index (Phi) is 3.10. The minimum Gasteiger partial charge on any atom is -0.438 e. The third kappa shape index (κ3) is 2.17. The van der Waals surface area contributed by atoms with E-state index in [1.807, 2.05) is 37.3 Å². The van der Waals surface area contributed by atoms with Crippen LogP contribution in [0.2, 0.25) is 0 Å². The molecule has 0 bridgehead atoms. The fraction of sp³-hybridized carbons (Fsp3) is 0.0833. The van der Waals surface area contributed by atoms with Gasteiger partial charge in [-0.05, 0) is 40.5 Å². The van der Waals surface area contributed by atoms with Crippen LogP contribution in [0, 0.1) is 6.92 Å². The summed E-state index contributed by atoms with van der Waals surface area (Å²) in [4.78, 5) is 4.14. The number of anilines is 1. The lowest BCUT2D eigenvalue weighted by atomic mass is 10.2. The molecule has 0 spiro atoms. The summed E-state index contributed by atoms with van der Waals surface area (Å²) in [6.45, 7) is 1.92. The first-order valence-corrected chi connectivity index (χ1v) is 5.61. The number of benzene rings is 1. The molecule has 1 heterocycles. The maximum atomic E-state index is 5.73. The molecule has 0 atom stereocenters. The lowest BCUT2D eigenvalue weighted by molar-refractivity contribution is 0.459. The molecule has 3 nitrogen and oxygen atoms in total. The lowest BCUT2D eigenvalue weighted by Gasteiger charge is -2.09. The van der Waals surface area contributed by atoms with E-state index in [0.717, 1.165) is 15.8 Å². The standard InChI is InChI=1S/C12H11BrN2O/c1-8-10(14)7-15-12(11(8)13)16-9-5-3-2-4-6-9/h2-7H,14H2,1H3. The summed E-state index contributed by atoms with van der Waals surface area (Å²) in [5, 5.41) is 0. The highest BCUT2D eigenvalue weighted by atomic mass is 79.9. The van der Waals surface area contributed by atoms with Crippen molar-refractivity contribution in [2.75, 3.05) is 5.73 Å². The highest BCUT2D eigenvalue weighted by Crippen LogP contribution is 2.32. The van der Waals surface area contributed by atoms with Gasteiger partial charge in [0.05, 0.1) is 16.4 Å². The van der Waals surface area contributed by atoms with Crippen LogP contribution in [0.5, 0.6) is 11.6 Å². The monoisotopic (exact) mass is 278 g/mol. The average Bonchev–Trinajstić information content (AvgIpc) is 2.31. The van der Waals surface area contributed by atoms with Crippen LogP contribution in [0.4, 0.5) is 5.69 Å². The van der Waals surface area contributed by atoms with Crippen molar-refractivity contribution in [3.05, 3.63) is 46.6 Å². The Morgan fingerprint density at radius 3 is 2.62 bits per heavy atom. The van der Waals surface area contributed by atoms with Gasteiger partial charge in [-0.3, -0.25) is 0 Å². The maximum absolute atomic E-state index is 5.73. The number of rotatable bonds is 2. The van der Waals surface area contributed by atoms with Crippen LogP contribution in [0.15, 0.2) is 41.0 Å². The number of ether oxygens (including phenoxy) is 1. The normalized spacial score (nSPS) is 10.1. The Labute approximate surface area is 102 Å². The second kappa shape index (κ2) is 4.53. The lowest BCUT2D eigenvalue weighted by Crippen LogP contribution is -1.96. The molecular weight excluding hydrogens is 268 g/mol. The van der Waals surface area contributed by atoms with Crippen molar-refractivity contribution in [3.63, 3.8) is 0 Å². The van der Waals surface area contributed by atoms with Gasteiger partial charge >= 0.3 is 0 Å². The molecule has 2 rings (SSSR count). The Balaban J connectivity index is 2.33. The van der Waals surface area contributed by atoms with E-state index in [1.54, 1.807) is 6.20 Å². The molecule has 1 aromatic heterocycles. The second-order valence-electron chi connectivity index (χ2n) is 3.37. The van der Waals surface area contributed by atoms with Gasteiger partial charge in [0.2, 0.25) is 5.88 Å². The number of nitrogen functional groups attached to an aromatic ring is 1. The fourth-order valence-electron chi connectivity index (χ4n) is 1.24. The van der Waals surface area contributed by atoms with Crippen LogP contribution in [0.25, 0.3) is 0 Å². The van der Waals surface area contributed by atoms with Gasteiger partial charge in [0, 0.05) is 0 Å². The van der Waals surface area contributed by atoms with E-state index in [-0.39, 0.29) is 0 Å². The topological polar surface area (TPSA) is 48.1 Å². The molecule has 16 heavy (non-hydrogen) atoms. The molecule has 2 N–H and O–H groups in total. The predicted octanol–water partition coefficient (Wildman–Crippen LogP) is 3.53. The van der Waals surface area contributed by atoms with Crippen LogP contribution in [0.3, 0.4) is 0 Å². The Morgan fingerprint density at radius 2 is 1.94 bits per heavy atom. The zero-order valence-corrected chi connectivity index (χ0v) is 10.4. The molecule has 0 aliphatic rings. The number of para-hydroxylation sites is 1. The summed E-state index contributed by atoms with van der Waals surface area (Å²) >= 11 is 3.42. The fourth-order valence-corrected chi connectivity index (χ4v) is 1.65. The molecule has 0 saturated carbocycles. The van der Waals surface area contributed by atoms with Crippen molar-refractivity contribution in [1.29, 1.82) is 0 Å². The molecule has 0 amide bonds. The van der Waals surface area contributed by atoms with Crippen LogP contribution in [-0.2, 0) is 0 Å². The third-order valence-electron chi connectivity index (χ3n) is 2.23. The molecule has 0 unspecified atom stereocenters. The summed E-state index contributed by atoms with van der Waals surface area (Å²) in [7, 11) is 0. The molecular formula is C12H11BrN2O. The summed E-state index contributed by atoms with van der Waals surface area (Å²) < 4.78 is 6.42. The van der Waals surface area contributed by atoms with Gasteiger partial charge in [0.15, 0.2) is 0 Å². The Morgan fingerprint density at radius 1 is 1.25 bits per heavy atom.